The summed E-state index contributed by atoms with van der Waals surface area (Å²) in [7, 11) is -3.15. The van der Waals surface area contributed by atoms with E-state index in [4.69, 9.17) is 9.47 Å². The van der Waals surface area contributed by atoms with Gasteiger partial charge in [-0.1, -0.05) is 18.2 Å². The van der Waals surface area contributed by atoms with E-state index in [1.807, 2.05) is 30.3 Å². The molecule has 2 saturated heterocycles. The number of carbonyl (C=O) groups is 2. The fourth-order valence-corrected chi connectivity index (χ4v) is 6.96. The molecule has 13 heteroatoms. The fourth-order valence-electron chi connectivity index (χ4n) is 5.85. The van der Waals surface area contributed by atoms with Crippen molar-refractivity contribution in [2.45, 2.75) is 23.5 Å². The number of nitrogens with one attached hydrogen (secondary N) is 1. The Morgan fingerprint density at radius 3 is 2.48 bits per heavy atom. The zero-order valence-electron chi connectivity index (χ0n) is 24.1. The van der Waals surface area contributed by atoms with Crippen molar-refractivity contribution in [1.82, 2.24) is 14.9 Å². The Kier molecular flexibility index (Phi) is 7.12. The Morgan fingerprint density at radius 2 is 1.76 bits per heavy atom. The lowest BCUT2D eigenvalue weighted by atomic mass is 9.97. The molecule has 46 heavy (non-hydrogen) atoms. The average molecular weight is 643 g/mol. The number of morpholine rings is 1. The number of hydrogen-bond acceptors (Lipinski definition) is 8. The van der Waals surface area contributed by atoms with Gasteiger partial charge in [-0.15, -0.1) is 0 Å². The van der Waals surface area contributed by atoms with Crippen LogP contribution in [0.4, 0.5) is 14.5 Å². The van der Waals surface area contributed by atoms with Crippen molar-refractivity contribution < 1.29 is 36.3 Å². The minimum absolute atomic E-state index is 0.0463. The molecule has 10 nitrogen and oxygen atoms in total. The highest BCUT2D eigenvalue weighted by Gasteiger charge is 2.48. The van der Waals surface area contributed by atoms with Gasteiger partial charge in [0, 0.05) is 41.4 Å². The quantitative estimate of drug-likeness (QED) is 0.240. The van der Waals surface area contributed by atoms with Gasteiger partial charge in [0.2, 0.25) is 5.88 Å². The molecule has 2 aliphatic rings. The summed E-state index contributed by atoms with van der Waals surface area (Å²) >= 11 is 0. The van der Waals surface area contributed by atoms with Crippen molar-refractivity contribution in [2.24, 2.45) is 0 Å². The molecular formula is C33H24F2N4O6S. The van der Waals surface area contributed by atoms with Crippen LogP contribution in [-0.2, 0) is 19.6 Å². The van der Waals surface area contributed by atoms with Gasteiger partial charge in [-0.25, -0.2) is 27.0 Å². The molecule has 2 bridgehead atoms. The molecule has 4 heterocycles. The molecule has 2 aliphatic heterocycles. The second-order valence-corrected chi connectivity index (χ2v) is 12.5. The third kappa shape index (κ3) is 5.17. The number of amides is 1. The van der Waals surface area contributed by atoms with E-state index in [-0.39, 0.29) is 29.5 Å². The maximum absolute atomic E-state index is 14.3. The summed E-state index contributed by atoms with van der Waals surface area (Å²) in [4.78, 5) is 34.7. The van der Waals surface area contributed by atoms with Crippen LogP contribution in [0.5, 0.6) is 5.88 Å². The van der Waals surface area contributed by atoms with E-state index in [0.717, 1.165) is 28.6 Å². The molecule has 1 N–H and O–H groups in total. The lowest BCUT2D eigenvalue weighted by Crippen LogP contribution is -2.44. The van der Waals surface area contributed by atoms with Crippen LogP contribution in [0.3, 0.4) is 0 Å². The van der Waals surface area contributed by atoms with E-state index >= 15 is 0 Å². The van der Waals surface area contributed by atoms with Gasteiger partial charge in [0.05, 0.1) is 19.2 Å². The first-order chi connectivity index (χ1) is 22.1. The zero-order chi connectivity index (χ0) is 32.2. The normalized spacial score (nSPS) is 17.3. The number of ether oxygens (including phenoxy) is 2. The number of aromatic nitrogens is 2. The molecule has 5 aromatic rings. The molecule has 0 saturated carbocycles. The molecule has 2 aromatic heterocycles. The van der Waals surface area contributed by atoms with Gasteiger partial charge >= 0.3 is 5.97 Å². The predicted molar refractivity (Wildman–Crippen MR) is 163 cm³/mol. The van der Waals surface area contributed by atoms with Crippen molar-refractivity contribution in [3.8, 4) is 28.1 Å². The largest absolute Gasteiger partial charge is 0.480 e. The number of likely N-dealkylation sites (tertiary alicyclic amines) is 1. The Bertz CT molecular complexity index is 2160. The van der Waals surface area contributed by atoms with Crippen LogP contribution in [-0.4, -0.2) is 61.0 Å². The first kappa shape index (κ1) is 29.3. The summed E-state index contributed by atoms with van der Waals surface area (Å²) in [6.45, 7) is 0.390. The zero-order valence-corrected chi connectivity index (χ0v) is 24.9. The number of halogens is 2. The van der Waals surface area contributed by atoms with E-state index in [1.165, 1.54) is 19.4 Å². The SMILES string of the molecule is COc1ncc(-c2ccc3nccc(-c4ccc(C(=O)N5C[C@@H]6C[C@H]5C(=O)O6)cc4)c3c2)cc1NS(=O)(=O)c1ccc(F)cc1F. The lowest BCUT2D eigenvalue weighted by Gasteiger charge is -2.25. The fraction of sp³-hybridized carbons (Fsp3) is 0.152. The molecule has 7 rings (SSSR count). The van der Waals surface area contributed by atoms with Crippen LogP contribution in [0.25, 0.3) is 33.2 Å². The summed E-state index contributed by atoms with van der Waals surface area (Å²) in [5.41, 5.74) is 3.97. The second kappa shape index (κ2) is 11.2. The number of carbonyl (C=O) groups excluding carboxylic acids is 2. The van der Waals surface area contributed by atoms with Crippen LogP contribution >= 0.6 is 0 Å². The third-order valence-corrected chi connectivity index (χ3v) is 9.47. The van der Waals surface area contributed by atoms with Crippen molar-refractivity contribution in [2.75, 3.05) is 18.4 Å². The van der Waals surface area contributed by atoms with E-state index in [2.05, 4.69) is 14.7 Å². The van der Waals surface area contributed by atoms with Crippen LogP contribution in [0.1, 0.15) is 16.8 Å². The second-order valence-electron chi connectivity index (χ2n) is 10.9. The average Bonchev–Trinajstić information content (AvgIpc) is 3.63. The van der Waals surface area contributed by atoms with Crippen molar-refractivity contribution >= 4 is 38.5 Å². The van der Waals surface area contributed by atoms with E-state index < -0.39 is 32.6 Å². The molecule has 232 valence electrons. The number of fused-ring (bicyclic) bond motifs is 3. The van der Waals surface area contributed by atoms with Gasteiger partial charge in [0.15, 0.2) is 0 Å². The first-order valence-electron chi connectivity index (χ1n) is 14.1. The van der Waals surface area contributed by atoms with Crippen LogP contribution in [0.2, 0.25) is 0 Å². The highest BCUT2D eigenvalue weighted by atomic mass is 32.2. The molecule has 3 aromatic carbocycles. The van der Waals surface area contributed by atoms with Crippen LogP contribution in [0.15, 0.2) is 90.1 Å². The van der Waals surface area contributed by atoms with Crippen molar-refractivity contribution in [1.29, 1.82) is 0 Å². The van der Waals surface area contributed by atoms with Crippen LogP contribution in [0, 0.1) is 11.6 Å². The van der Waals surface area contributed by atoms with Gasteiger partial charge in [0.25, 0.3) is 15.9 Å². The molecule has 0 unspecified atom stereocenters. The molecule has 0 aliphatic carbocycles. The van der Waals surface area contributed by atoms with Gasteiger partial charge in [-0.3, -0.25) is 14.5 Å². The number of pyridine rings is 2. The van der Waals surface area contributed by atoms with E-state index in [9.17, 15) is 26.8 Å². The summed E-state index contributed by atoms with van der Waals surface area (Å²) < 4.78 is 66.5. The Balaban J connectivity index is 1.20. The maximum Gasteiger partial charge on any atom is 0.329 e. The van der Waals surface area contributed by atoms with Gasteiger partial charge in [-0.05, 0) is 65.2 Å². The summed E-state index contributed by atoms with van der Waals surface area (Å²) in [6.07, 6.45) is 3.47. The lowest BCUT2D eigenvalue weighted by molar-refractivity contribution is -0.149. The smallest absolute Gasteiger partial charge is 0.329 e. The standard InChI is InChI=1S/C33H24F2N4O6S/c1-44-31-28(38-46(42,43)30-9-7-22(34)14-26(30)35)13-21(16-37-31)20-6-8-27-25(12-20)24(10-11-36-27)18-2-4-19(5-3-18)32(40)39-17-23-15-29(39)33(41)45-23/h2-14,16,23,29,38H,15,17H2,1H3/t23-,29-/m0/s1. The number of nitrogens with zero attached hydrogens (tertiary/aromatic N) is 3. The van der Waals surface area contributed by atoms with Gasteiger partial charge in [-0.2, -0.15) is 0 Å². The highest BCUT2D eigenvalue weighted by Crippen LogP contribution is 2.35. The number of esters is 1. The van der Waals surface area contributed by atoms with E-state index in [0.29, 0.717) is 41.2 Å². The number of methoxy groups -OCH3 is 1. The molecule has 2 fully saturated rings. The first-order valence-corrected chi connectivity index (χ1v) is 15.6. The summed E-state index contributed by atoms with van der Waals surface area (Å²) in [5.74, 6) is -2.78. The van der Waals surface area contributed by atoms with E-state index in [1.54, 1.807) is 29.3 Å². The van der Waals surface area contributed by atoms with Gasteiger partial charge in [0.1, 0.15) is 34.4 Å². The Morgan fingerprint density at radius 1 is 0.978 bits per heavy atom. The summed E-state index contributed by atoms with van der Waals surface area (Å²) in [5, 5.41) is 0.782. The minimum atomic E-state index is -4.46. The number of rotatable bonds is 7. The minimum Gasteiger partial charge on any atom is -0.480 e. The topological polar surface area (TPSA) is 128 Å². The Labute approximate surface area is 261 Å². The number of sulfonamides is 1. The van der Waals surface area contributed by atoms with Gasteiger partial charge < -0.3 is 14.4 Å². The Hall–Kier alpha value is -5.43. The van der Waals surface area contributed by atoms with Crippen molar-refractivity contribution in [3.05, 3.63) is 102 Å². The monoisotopic (exact) mass is 642 g/mol. The molecule has 0 radical (unpaired) electrons. The third-order valence-electron chi connectivity index (χ3n) is 8.07. The number of benzene rings is 3. The number of hydrogen-bond donors (Lipinski definition) is 1. The molecular weight excluding hydrogens is 618 g/mol. The molecule has 1 amide bonds. The number of anilines is 1. The highest BCUT2D eigenvalue weighted by molar-refractivity contribution is 7.92. The maximum atomic E-state index is 14.3. The van der Waals surface area contributed by atoms with Crippen LogP contribution < -0.4 is 9.46 Å². The summed E-state index contributed by atoms with van der Waals surface area (Å²) in [6, 6.07) is 17.6. The molecule has 0 spiro atoms. The molecule has 2 atom stereocenters. The predicted octanol–water partition coefficient (Wildman–Crippen LogP) is 5.19. The van der Waals surface area contributed by atoms with Crippen molar-refractivity contribution in [3.63, 3.8) is 0 Å².